The predicted molar refractivity (Wildman–Crippen MR) is 69.8 cm³/mol. The van der Waals surface area contributed by atoms with Crippen LogP contribution in [-0.4, -0.2) is 55.6 Å². The molecule has 1 saturated heterocycles. The van der Waals surface area contributed by atoms with Gasteiger partial charge < -0.3 is 20.3 Å². The molecule has 0 saturated carbocycles. The van der Waals surface area contributed by atoms with Crippen LogP contribution in [0.15, 0.2) is 12.1 Å². The van der Waals surface area contributed by atoms with Crippen molar-refractivity contribution in [2.45, 2.75) is 0 Å². The second-order valence-corrected chi connectivity index (χ2v) is 4.34. The molecular weight excluding hydrogens is 248 g/mol. The minimum atomic E-state index is -0.526. The van der Waals surface area contributed by atoms with Crippen molar-refractivity contribution in [2.24, 2.45) is 0 Å². The van der Waals surface area contributed by atoms with E-state index in [2.05, 4.69) is 9.72 Å². The highest BCUT2D eigenvalue weighted by atomic mass is 16.5. The van der Waals surface area contributed by atoms with Gasteiger partial charge in [0.2, 0.25) is 5.91 Å². The van der Waals surface area contributed by atoms with E-state index in [0.29, 0.717) is 24.6 Å². The van der Waals surface area contributed by atoms with Gasteiger partial charge in [-0.3, -0.25) is 4.79 Å². The summed E-state index contributed by atoms with van der Waals surface area (Å²) in [5, 5.41) is 0. The van der Waals surface area contributed by atoms with E-state index in [-0.39, 0.29) is 18.1 Å². The monoisotopic (exact) mass is 264 g/mol. The van der Waals surface area contributed by atoms with Crippen LogP contribution in [0.2, 0.25) is 0 Å². The average molecular weight is 264 g/mol. The minimum Gasteiger partial charge on any atom is -0.464 e. The fourth-order valence-corrected chi connectivity index (χ4v) is 1.87. The first-order chi connectivity index (χ1) is 9.02. The van der Waals surface area contributed by atoms with Gasteiger partial charge in [0.1, 0.15) is 0 Å². The number of nitrogen functional groups attached to an aromatic ring is 1. The number of nitrogens with zero attached hydrogens (tertiary/aromatic N) is 3. The van der Waals surface area contributed by atoms with Gasteiger partial charge in [0.05, 0.1) is 19.3 Å². The van der Waals surface area contributed by atoms with E-state index in [9.17, 15) is 9.59 Å². The molecule has 19 heavy (non-hydrogen) atoms. The fraction of sp³-hybridized carbons (Fsp3) is 0.417. The Bertz CT molecular complexity index is 518. The van der Waals surface area contributed by atoms with E-state index in [0.717, 1.165) is 0 Å². The third kappa shape index (κ3) is 2.59. The highest BCUT2D eigenvalue weighted by Crippen LogP contribution is 2.22. The van der Waals surface area contributed by atoms with Crippen molar-refractivity contribution in [3.63, 3.8) is 0 Å². The Morgan fingerprint density at radius 3 is 2.79 bits per heavy atom. The molecule has 0 unspecified atom stereocenters. The number of hydrogen-bond acceptors (Lipinski definition) is 6. The summed E-state index contributed by atoms with van der Waals surface area (Å²) in [6.07, 6.45) is 0. The molecule has 0 bridgehead atoms. The van der Waals surface area contributed by atoms with Gasteiger partial charge in [0, 0.05) is 20.1 Å². The summed E-state index contributed by atoms with van der Waals surface area (Å²) in [6, 6.07) is 3.10. The second kappa shape index (κ2) is 5.13. The van der Waals surface area contributed by atoms with Crippen LogP contribution < -0.4 is 10.6 Å². The number of hydrogen-bond donors (Lipinski definition) is 1. The number of esters is 1. The number of amides is 1. The molecule has 0 aromatic carbocycles. The van der Waals surface area contributed by atoms with E-state index in [1.54, 1.807) is 22.9 Å². The summed E-state index contributed by atoms with van der Waals surface area (Å²) in [6.45, 7) is 1.44. The maximum Gasteiger partial charge on any atom is 0.356 e. The Labute approximate surface area is 110 Å². The van der Waals surface area contributed by atoms with Crippen LogP contribution in [0.3, 0.4) is 0 Å². The van der Waals surface area contributed by atoms with Crippen molar-refractivity contribution in [1.82, 2.24) is 9.88 Å². The topological polar surface area (TPSA) is 88.8 Å². The van der Waals surface area contributed by atoms with E-state index >= 15 is 0 Å². The van der Waals surface area contributed by atoms with E-state index in [1.165, 1.54) is 13.2 Å². The second-order valence-electron chi connectivity index (χ2n) is 4.34. The zero-order valence-electron chi connectivity index (χ0n) is 10.9. The first-order valence-electron chi connectivity index (χ1n) is 5.86. The number of ether oxygens (including phenoxy) is 1. The Hall–Kier alpha value is -2.31. The van der Waals surface area contributed by atoms with E-state index in [4.69, 9.17) is 5.73 Å². The SMILES string of the molecule is COC(=O)c1ccc(N)c(N2CCN(C)C(=O)C2)n1. The van der Waals surface area contributed by atoms with Gasteiger partial charge in [-0.2, -0.15) is 0 Å². The zero-order valence-corrected chi connectivity index (χ0v) is 10.9. The number of piperazine rings is 1. The molecule has 0 atom stereocenters. The number of aromatic nitrogens is 1. The quantitative estimate of drug-likeness (QED) is 0.740. The third-order valence-electron chi connectivity index (χ3n) is 3.06. The molecule has 7 nitrogen and oxygen atoms in total. The lowest BCUT2D eigenvalue weighted by atomic mass is 10.2. The van der Waals surface area contributed by atoms with Crippen LogP contribution >= 0.6 is 0 Å². The molecule has 2 N–H and O–H groups in total. The molecule has 1 amide bonds. The van der Waals surface area contributed by atoms with Crippen LogP contribution in [-0.2, 0) is 9.53 Å². The standard InChI is InChI=1S/C12H16N4O3/c1-15-5-6-16(7-10(15)17)11-8(13)3-4-9(14-11)12(18)19-2/h3-4H,5-7,13H2,1-2H3. The van der Waals surface area contributed by atoms with Gasteiger partial charge in [-0.1, -0.05) is 0 Å². The summed E-state index contributed by atoms with van der Waals surface area (Å²) >= 11 is 0. The van der Waals surface area contributed by atoms with Crippen LogP contribution in [0.1, 0.15) is 10.5 Å². The molecule has 2 rings (SSSR count). The molecule has 7 heteroatoms. The largest absolute Gasteiger partial charge is 0.464 e. The predicted octanol–water partition coefficient (Wildman–Crippen LogP) is -0.271. The molecule has 0 spiro atoms. The number of rotatable bonds is 2. The smallest absolute Gasteiger partial charge is 0.356 e. The first kappa shape index (κ1) is 13.1. The average Bonchev–Trinajstić information content (AvgIpc) is 2.41. The van der Waals surface area contributed by atoms with Gasteiger partial charge in [0.15, 0.2) is 11.5 Å². The molecule has 1 aromatic heterocycles. The van der Waals surface area contributed by atoms with Gasteiger partial charge in [-0.15, -0.1) is 0 Å². The number of nitrogens with two attached hydrogens (primary N) is 1. The van der Waals surface area contributed by atoms with Crippen molar-refractivity contribution < 1.29 is 14.3 Å². The molecule has 102 valence electrons. The van der Waals surface area contributed by atoms with Crippen LogP contribution in [0, 0.1) is 0 Å². The number of pyridine rings is 1. The maximum atomic E-state index is 11.7. The minimum absolute atomic E-state index is 0.00378. The van der Waals surface area contributed by atoms with Gasteiger partial charge in [-0.05, 0) is 12.1 Å². The van der Waals surface area contributed by atoms with Crippen molar-refractivity contribution >= 4 is 23.4 Å². The number of anilines is 2. The van der Waals surface area contributed by atoms with Crippen molar-refractivity contribution in [1.29, 1.82) is 0 Å². The number of carbonyl (C=O) groups is 2. The lowest BCUT2D eigenvalue weighted by Gasteiger charge is -2.33. The summed E-state index contributed by atoms with van der Waals surface area (Å²) in [4.78, 5) is 30.7. The molecule has 1 aliphatic heterocycles. The Morgan fingerprint density at radius 2 is 2.16 bits per heavy atom. The third-order valence-corrected chi connectivity index (χ3v) is 3.06. The highest BCUT2D eigenvalue weighted by molar-refractivity contribution is 5.89. The lowest BCUT2D eigenvalue weighted by Crippen LogP contribution is -2.49. The van der Waals surface area contributed by atoms with Crippen LogP contribution in [0.25, 0.3) is 0 Å². The molecule has 0 aliphatic carbocycles. The van der Waals surface area contributed by atoms with Crippen molar-refractivity contribution in [3.05, 3.63) is 17.8 Å². The molecular formula is C12H16N4O3. The highest BCUT2D eigenvalue weighted by Gasteiger charge is 2.24. The Balaban J connectivity index is 2.28. The summed E-state index contributed by atoms with van der Waals surface area (Å²) in [7, 11) is 3.04. The molecule has 1 aliphatic rings. The summed E-state index contributed by atoms with van der Waals surface area (Å²) in [5.74, 6) is -0.0815. The van der Waals surface area contributed by atoms with Gasteiger partial charge in [-0.25, -0.2) is 9.78 Å². The Kier molecular flexibility index (Phi) is 3.55. The lowest BCUT2D eigenvalue weighted by molar-refractivity contribution is -0.129. The van der Waals surface area contributed by atoms with Crippen molar-refractivity contribution in [2.75, 3.05) is 44.4 Å². The normalized spacial score (nSPS) is 15.6. The Morgan fingerprint density at radius 1 is 1.42 bits per heavy atom. The van der Waals surface area contributed by atoms with E-state index < -0.39 is 5.97 Å². The molecule has 0 radical (unpaired) electrons. The molecule has 2 heterocycles. The fourth-order valence-electron chi connectivity index (χ4n) is 1.87. The van der Waals surface area contributed by atoms with Crippen LogP contribution in [0.5, 0.6) is 0 Å². The van der Waals surface area contributed by atoms with Crippen molar-refractivity contribution in [3.8, 4) is 0 Å². The summed E-state index contributed by atoms with van der Waals surface area (Å²) < 4.78 is 4.62. The van der Waals surface area contributed by atoms with Gasteiger partial charge >= 0.3 is 5.97 Å². The van der Waals surface area contributed by atoms with E-state index in [1.807, 2.05) is 0 Å². The zero-order chi connectivity index (χ0) is 14.0. The number of likely N-dealkylation sites (N-methyl/N-ethyl adjacent to an activating group) is 1. The first-order valence-corrected chi connectivity index (χ1v) is 5.86. The summed E-state index contributed by atoms with van der Waals surface area (Å²) in [5.41, 5.74) is 6.47. The molecule has 1 fully saturated rings. The number of methoxy groups -OCH3 is 1. The maximum absolute atomic E-state index is 11.7. The number of carbonyl (C=O) groups excluding carboxylic acids is 2. The van der Waals surface area contributed by atoms with Gasteiger partial charge in [0.25, 0.3) is 0 Å². The van der Waals surface area contributed by atoms with Crippen LogP contribution in [0.4, 0.5) is 11.5 Å². The molecule has 1 aromatic rings.